The first-order valence-corrected chi connectivity index (χ1v) is 5.64. The van der Waals surface area contributed by atoms with Crippen LogP contribution in [-0.4, -0.2) is 79.0 Å². The van der Waals surface area contributed by atoms with E-state index in [1.165, 1.54) is 4.90 Å². The van der Waals surface area contributed by atoms with Gasteiger partial charge in [-0.1, -0.05) is 0 Å². The molecule has 0 aromatic heterocycles. The minimum atomic E-state index is -1.02. The molecule has 2 aliphatic heterocycles. The summed E-state index contributed by atoms with van der Waals surface area (Å²) in [7, 11) is 0. The standard InChI is InChI=1S/C10H16N2O5/c13-9(14)8-7-17-6-3-12(8)10(15)11-1-4-16-5-2-11/h8H,1-7H2,(H,13,14). The molecule has 0 radical (unpaired) electrons. The quantitative estimate of drug-likeness (QED) is 0.655. The summed E-state index contributed by atoms with van der Waals surface area (Å²) in [6.07, 6.45) is 0. The summed E-state index contributed by atoms with van der Waals surface area (Å²) < 4.78 is 10.3. The second-order valence-electron chi connectivity index (χ2n) is 4.00. The van der Waals surface area contributed by atoms with Gasteiger partial charge in [-0.15, -0.1) is 0 Å². The molecule has 7 nitrogen and oxygen atoms in total. The van der Waals surface area contributed by atoms with Crippen LogP contribution in [0.25, 0.3) is 0 Å². The molecule has 2 rings (SSSR count). The average Bonchev–Trinajstić information content (AvgIpc) is 2.39. The topological polar surface area (TPSA) is 79.3 Å². The minimum Gasteiger partial charge on any atom is -0.480 e. The van der Waals surface area contributed by atoms with Crippen LogP contribution >= 0.6 is 0 Å². The lowest BCUT2D eigenvalue weighted by Crippen LogP contribution is -2.58. The van der Waals surface area contributed by atoms with Crippen molar-refractivity contribution in [2.75, 3.05) is 46.1 Å². The van der Waals surface area contributed by atoms with E-state index in [0.29, 0.717) is 39.5 Å². The lowest BCUT2D eigenvalue weighted by Gasteiger charge is -2.37. The molecule has 1 N–H and O–H groups in total. The highest BCUT2D eigenvalue weighted by Crippen LogP contribution is 2.12. The molecule has 2 heterocycles. The van der Waals surface area contributed by atoms with E-state index in [1.807, 2.05) is 0 Å². The summed E-state index contributed by atoms with van der Waals surface area (Å²) in [4.78, 5) is 26.2. The highest BCUT2D eigenvalue weighted by Gasteiger charge is 2.35. The molecule has 7 heteroatoms. The number of nitrogens with zero attached hydrogens (tertiary/aromatic N) is 2. The van der Waals surface area contributed by atoms with Crippen LogP contribution in [0.1, 0.15) is 0 Å². The molecule has 2 aliphatic rings. The Bertz CT molecular complexity index is 303. The molecule has 0 saturated carbocycles. The zero-order chi connectivity index (χ0) is 12.3. The third-order valence-electron chi connectivity index (χ3n) is 2.94. The number of hydrogen-bond acceptors (Lipinski definition) is 4. The molecular weight excluding hydrogens is 228 g/mol. The fourth-order valence-electron chi connectivity index (χ4n) is 1.97. The second kappa shape index (κ2) is 5.33. The van der Waals surface area contributed by atoms with E-state index in [-0.39, 0.29) is 12.6 Å². The van der Waals surface area contributed by atoms with Gasteiger partial charge in [-0.2, -0.15) is 0 Å². The number of hydrogen-bond donors (Lipinski definition) is 1. The Morgan fingerprint density at radius 3 is 2.35 bits per heavy atom. The van der Waals surface area contributed by atoms with Crippen LogP contribution in [0.4, 0.5) is 4.79 Å². The number of ether oxygens (including phenoxy) is 2. The first kappa shape index (κ1) is 12.1. The van der Waals surface area contributed by atoms with Gasteiger partial charge < -0.3 is 24.4 Å². The van der Waals surface area contributed by atoms with Crippen LogP contribution in [-0.2, 0) is 14.3 Å². The van der Waals surface area contributed by atoms with Crippen molar-refractivity contribution in [3.63, 3.8) is 0 Å². The Morgan fingerprint density at radius 1 is 1.06 bits per heavy atom. The van der Waals surface area contributed by atoms with Gasteiger partial charge in [-0.25, -0.2) is 9.59 Å². The predicted octanol–water partition coefficient (Wildman–Crippen LogP) is -0.776. The Hall–Kier alpha value is -1.34. The first-order valence-electron chi connectivity index (χ1n) is 5.64. The zero-order valence-electron chi connectivity index (χ0n) is 9.50. The molecule has 17 heavy (non-hydrogen) atoms. The third kappa shape index (κ3) is 2.67. The Balaban J connectivity index is 2.02. The third-order valence-corrected chi connectivity index (χ3v) is 2.94. The molecule has 1 atom stereocenters. The molecule has 0 aliphatic carbocycles. The Morgan fingerprint density at radius 2 is 1.71 bits per heavy atom. The molecule has 2 amide bonds. The molecular formula is C10H16N2O5. The summed E-state index contributed by atoms with van der Waals surface area (Å²) in [6, 6.07) is -1.11. The number of rotatable bonds is 1. The molecule has 0 aromatic rings. The van der Waals surface area contributed by atoms with E-state index in [4.69, 9.17) is 14.6 Å². The monoisotopic (exact) mass is 244 g/mol. The summed E-state index contributed by atoms with van der Waals surface area (Å²) in [6.45, 7) is 2.82. The first-order chi connectivity index (χ1) is 8.20. The smallest absolute Gasteiger partial charge is 0.328 e. The van der Waals surface area contributed by atoms with Gasteiger partial charge in [-0.3, -0.25) is 0 Å². The molecule has 96 valence electrons. The normalized spacial score (nSPS) is 25.8. The summed E-state index contributed by atoms with van der Waals surface area (Å²) in [5.41, 5.74) is 0. The van der Waals surface area contributed by atoms with Crippen LogP contribution in [0.2, 0.25) is 0 Å². The maximum atomic E-state index is 12.1. The number of carboxylic acid groups (broad SMARTS) is 1. The SMILES string of the molecule is O=C(O)C1COCCN1C(=O)N1CCOCC1. The summed E-state index contributed by atoms with van der Waals surface area (Å²) >= 11 is 0. The van der Waals surface area contributed by atoms with Gasteiger partial charge in [-0.05, 0) is 0 Å². The highest BCUT2D eigenvalue weighted by atomic mass is 16.5. The zero-order valence-corrected chi connectivity index (χ0v) is 9.50. The molecule has 0 aromatic carbocycles. The number of carbonyl (C=O) groups excluding carboxylic acids is 1. The number of aliphatic carboxylic acids is 1. The molecule has 2 saturated heterocycles. The van der Waals surface area contributed by atoms with Crippen molar-refractivity contribution in [3.8, 4) is 0 Å². The highest BCUT2D eigenvalue weighted by molar-refractivity contribution is 5.83. The molecule has 1 unspecified atom stereocenters. The Kier molecular flexibility index (Phi) is 3.80. The van der Waals surface area contributed by atoms with Gasteiger partial charge >= 0.3 is 12.0 Å². The van der Waals surface area contributed by atoms with Crippen molar-refractivity contribution < 1.29 is 24.2 Å². The van der Waals surface area contributed by atoms with Gasteiger partial charge in [0.1, 0.15) is 0 Å². The minimum absolute atomic E-state index is 0.0609. The van der Waals surface area contributed by atoms with Gasteiger partial charge in [0.25, 0.3) is 0 Å². The fraction of sp³-hybridized carbons (Fsp3) is 0.800. The van der Waals surface area contributed by atoms with E-state index < -0.39 is 12.0 Å². The van der Waals surface area contributed by atoms with E-state index in [2.05, 4.69) is 0 Å². The van der Waals surface area contributed by atoms with Crippen molar-refractivity contribution in [1.82, 2.24) is 9.80 Å². The van der Waals surface area contributed by atoms with E-state index >= 15 is 0 Å². The molecule has 0 spiro atoms. The Labute approximate surface area is 98.9 Å². The molecule has 0 bridgehead atoms. The van der Waals surface area contributed by atoms with Crippen molar-refractivity contribution in [2.24, 2.45) is 0 Å². The number of carbonyl (C=O) groups is 2. The number of amides is 2. The number of carboxylic acids is 1. The lowest BCUT2D eigenvalue weighted by atomic mass is 10.2. The van der Waals surface area contributed by atoms with Crippen molar-refractivity contribution in [2.45, 2.75) is 6.04 Å². The van der Waals surface area contributed by atoms with Crippen molar-refractivity contribution >= 4 is 12.0 Å². The maximum Gasteiger partial charge on any atom is 0.328 e. The van der Waals surface area contributed by atoms with Gasteiger partial charge in [0.2, 0.25) is 0 Å². The largest absolute Gasteiger partial charge is 0.480 e. The van der Waals surface area contributed by atoms with E-state index in [1.54, 1.807) is 4.90 Å². The second-order valence-corrected chi connectivity index (χ2v) is 4.00. The van der Waals surface area contributed by atoms with Crippen LogP contribution in [0.5, 0.6) is 0 Å². The van der Waals surface area contributed by atoms with Crippen molar-refractivity contribution in [3.05, 3.63) is 0 Å². The number of morpholine rings is 2. The lowest BCUT2D eigenvalue weighted by molar-refractivity contribution is -0.147. The van der Waals surface area contributed by atoms with Crippen LogP contribution in [0.3, 0.4) is 0 Å². The molecule has 2 fully saturated rings. The predicted molar refractivity (Wildman–Crippen MR) is 56.7 cm³/mol. The van der Waals surface area contributed by atoms with Crippen LogP contribution in [0.15, 0.2) is 0 Å². The van der Waals surface area contributed by atoms with Gasteiger partial charge in [0.15, 0.2) is 6.04 Å². The van der Waals surface area contributed by atoms with E-state index in [9.17, 15) is 9.59 Å². The maximum absolute atomic E-state index is 12.1. The summed E-state index contributed by atoms with van der Waals surface area (Å²) in [5.74, 6) is -1.02. The summed E-state index contributed by atoms with van der Waals surface area (Å²) in [5, 5.41) is 9.04. The average molecular weight is 244 g/mol. The fourth-order valence-corrected chi connectivity index (χ4v) is 1.97. The van der Waals surface area contributed by atoms with Gasteiger partial charge in [0.05, 0.1) is 26.4 Å². The number of urea groups is 1. The van der Waals surface area contributed by atoms with E-state index in [0.717, 1.165) is 0 Å². The van der Waals surface area contributed by atoms with Crippen LogP contribution in [0, 0.1) is 0 Å². The van der Waals surface area contributed by atoms with Crippen LogP contribution < -0.4 is 0 Å². The van der Waals surface area contributed by atoms with Gasteiger partial charge in [0, 0.05) is 19.6 Å². The van der Waals surface area contributed by atoms with Crippen molar-refractivity contribution in [1.29, 1.82) is 0 Å².